The van der Waals surface area contributed by atoms with Gasteiger partial charge in [-0.3, -0.25) is 4.98 Å². The zero-order valence-electron chi connectivity index (χ0n) is 7.91. The number of aliphatic carboxylic acids is 1. The van der Waals surface area contributed by atoms with Gasteiger partial charge in [-0.15, -0.1) is 0 Å². The zero-order valence-corrected chi connectivity index (χ0v) is 7.91. The maximum absolute atomic E-state index is 13.1. The Kier molecular flexibility index (Phi) is 2.69. The van der Waals surface area contributed by atoms with Gasteiger partial charge in [-0.1, -0.05) is 0 Å². The van der Waals surface area contributed by atoms with Crippen molar-refractivity contribution in [3.05, 3.63) is 24.3 Å². The molecule has 0 fully saturated rings. The first-order valence-corrected chi connectivity index (χ1v) is 4.04. The van der Waals surface area contributed by atoms with E-state index in [0.29, 0.717) is 0 Å². The molecule has 0 unspecified atom stereocenters. The first-order valence-electron chi connectivity index (χ1n) is 4.04. The van der Waals surface area contributed by atoms with Crippen LogP contribution in [0.25, 0.3) is 0 Å². The van der Waals surface area contributed by atoms with Crippen molar-refractivity contribution in [3.63, 3.8) is 0 Å². The quantitative estimate of drug-likeness (QED) is 0.772. The standard InChI is InChI=1S/C9H11FN2O2/c1-9(2,8(13)14)12-7-3-4-11-5-6(7)10/h3-5H,1-2H3,(H,11,12)(H,13,14). The van der Waals surface area contributed by atoms with Gasteiger partial charge in [-0.2, -0.15) is 0 Å². The molecule has 1 aromatic heterocycles. The molecule has 0 aliphatic heterocycles. The van der Waals surface area contributed by atoms with Crippen LogP contribution >= 0.6 is 0 Å². The minimum absolute atomic E-state index is 0.132. The third kappa shape index (κ3) is 2.18. The molecule has 0 saturated carbocycles. The summed E-state index contributed by atoms with van der Waals surface area (Å²) in [6, 6.07) is 1.39. The molecule has 1 rings (SSSR count). The lowest BCUT2D eigenvalue weighted by molar-refractivity contribution is -0.141. The van der Waals surface area contributed by atoms with Crippen LogP contribution in [0.5, 0.6) is 0 Å². The summed E-state index contributed by atoms with van der Waals surface area (Å²) in [5.41, 5.74) is -1.07. The van der Waals surface area contributed by atoms with Gasteiger partial charge in [-0.25, -0.2) is 9.18 Å². The number of carboxylic acid groups (broad SMARTS) is 1. The topological polar surface area (TPSA) is 62.2 Å². The molecule has 2 N–H and O–H groups in total. The molecule has 0 aliphatic rings. The second kappa shape index (κ2) is 3.61. The largest absolute Gasteiger partial charge is 0.480 e. The number of nitrogens with one attached hydrogen (secondary N) is 1. The van der Waals surface area contributed by atoms with Crippen LogP contribution in [0.1, 0.15) is 13.8 Å². The number of carboxylic acids is 1. The molecule has 0 radical (unpaired) electrons. The monoisotopic (exact) mass is 198 g/mol. The second-order valence-electron chi connectivity index (χ2n) is 3.41. The lowest BCUT2D eigenvalue weighted by atomic mass is 10.1. The highest BCUT2D eigenvalue weighted by atomic mass is 19.1. The number of pyridine rings is 1. The number of carbonyl (C=O) groups is 1. The van der Waals surface area contributed by atoms with Crippen molar-refractivity contribution >= 4 is 11.7 Å². The number of hydrogen-bond donors (Lipinski definition) is 2. The van der Waals surface area contributed by atoms with E-state index in [1.165, 1.54) is 26.1 Å². The fraction of sp³-hybridized carbons (Fsp3) is 0.333. The molecule has 0 amide bonds. The molecule has 4 nitrogen and oxygen atoms in total. The van der Waals surface area contributed by atoms with E-state index < -0.39 is 17.3 Å². The summed E-state index contributed by atoms with van der Waals surface area (Å²) in [6.45, 7) is 2.91. The molecular formula is C9H11FN2O2. The fourth-order valence-corrected chi connectivity index (χ4v) is 0.867. The number of hydrogen-bond acceptors (Lipinski definition) is 3. The van der Waals surface area contributed by atoms with Gasteiger partial charge >= 0.3 is 5.97 Å². The number of nitrogens with zero attached hydrogens (tertiary/aromatic N) is 1. The van der Waals surface area contributed by atoms with E-state index in [4.69, 9.17) is 5.11 Å². The van der Waals surface area contributed by atoms with Gasteiger partial charge in [0, 0.05) is 6.20 Å². The molecule has 0 saturated heterocycles. The molecule has 0 aliphatic carbocycles. The van der Waals surface area contributed by atoms with E-state index >= 15 is 0 Å². The predicted molar refractivity (Wildman–Crippen MR) is 49.5 cm³/mol. The van der Waals surface area contributed by atoms with E-state index in [-0.39, 0.29) is 5.69 Å². The lowest BCUT2D eigenvalue weighted by Crippen LogP contribution is -2.40. The second-order valence-corrected chi connectivity index (χ2v) is 3.41. The summed E-state index contributed by atoms with van der Waals surface area (Å²) in [7, 11) is 0. The fourth-order valence-electron chi connectivity index (χ4n) is 0.867. The number of rotatable bonds is 3. The predicted octanol–water partition coefficient (Wildman–Crippen LogP) is 1.50. The molecule has 5 heteroatoms. The van der Waals surface area contributed by atoms with Gasteiger partial charge in [0.15, 0.2) is 5.82 Å². The minimum Gasteiger partial charge on any atom is -0.480 e. The van der Waals surface area contributed by atoms with E-state index in [9.17, 15) is 9.18 Å². The van der Waals surface area contributed by atoms with Crippen LogP contribution in [0.15, 0.2) is 18.5 Å². The average molecular weight is 198 g/mol. The summed E-state index contributed by atoms with van der Waals surface area (Å²) in [4.78, 5) is 14.3. The van der Waals surface area contributed by atoms with Crippen LogP contribution in [0.4, 0.5) is 10.1 Å². The van der Waals surface area contributed by atoms with Crippen molar-refractivity contribution < 1.29 is 14.3 Å². The summed E-state index contributed by atoms with van der Waals surface area (Å²) in [6.07, 6.45) is 2.42. The Morgan fingerprint density at radius 3 is 2.79 bits per heavy atom. The van der Waals surface area contributed by atoms with E-state index in [1.807, 2.05) is 0 Å². The summed E-state index contributed by atoms with van der Waals surface area (Å²) >= 11 is 0. The van der Waals surface area contributed by atoms with Gasteiger partial charge in [0.05, 0.1) is 11.9 Å². The Bertz CT molecular complexity index is 352. The van der Waals surface area contributed by atoms with Crippen molar-refractivity contribution in [3.8, 4) is 0 Å². The number of aromatic nitrogens is 1. The highest BCUT2D eigenvalue weighted by Crippen LogP contribution is 2.17. The van der Waals surface area contributed by atoms with Crippen LogP contribution in [0.2, 0.25) is 0 Å². The van der Waals surface area contributed by atoms with Crippen molar-refractivity contribution in [2.45, 2.75) is 19.4 Å². The zero-order chi connectivity index (χ0) is 10.8. The van der Waals surface area contributed by atoms with Crippen LogP contribution in [0, 0.1) is 5.82 Å². The Morgan fingerprint density at radius 2 is 2.29 bits per heavy atom. The molecule has 1 heterocycles. The Hall–Kier alpha value is -1.65. The Labute approximate surface area is 80.8 Å². The minimum atomic E-state index is -1.21. The normalized spacial score (nSPS) is 11.1. The molecule has 14 heavy (non-hydrogen) atoms. The maximum atomic E-state index is 13.1. The van der Waals surface area contributed by atoms with Gasteiger partial charge in [0.2, 0.25) is 0 Å². The van der Waals surface area contributed by atoms with Crippen molar-refractivity contribution in [1.29, 1.82) is 0 Å². The first kappa shape index (κ1) is 10.4. The SMILES string of the molecule is CC(C)(Nc1ccncc1F)C(=O)O. The van der Waals surface area contributed by atoms with Gasteiger partial charge in [-0.05, 0) is 19.9 Å². The molecule has 0 spiro atoms. The van der Waals surface area contributed by atoms with Gasteiger partial charge < -0.3 is 10.4 Å². The molecule has 0 atom stereocenters. The summed E-state index contributed by atoms with van der Waals surface area (Å²) in [5, 5.41) is 11.4. The number of halogens is 1. The number of anilines is 1. The summed E-state index contributed by atoms with van der Waals surface area (Å²) < 4.78 is 13.1. The highest BCUT2D eigenvalue weighted by Gasteiger charge is 2.27. The van der Waals surface area contributed by atoms with Crippen molar-refractivity contribution in [2.75, 3.05) is 5.32 Å². The maximum Gasteiger partial charge on any atom is 0.328 e. The van der Waals surface area contributed by atoms with Gasteiger partial charge in [0.25, 0.3) is 0 Å². The molecule has 76 valence electrons. The lowest BCUT2D eigenvalue weighted by Gasteiger charge is -2.22. The molecule has 0 aromatic carbocycles. The van der Waals surface area contributed by atoms with Gasteiger partial charge in [0.1, 0.15) is 5.54 Å². The Morgan fingerprint density at radius 1 is 1.64 bits per heavy atom. The highest BCUT2D eigenvalue weighted by molar-refractivity contribution is 5.81. The van der Waals surface area contributed by atoms with E-state index in [0.717, 1.165) is 6.20 Å². The van der Waals surface area contributed by atoms with Crippen molar-refractivity contribution in [1.82, 2.24) is 4.98 Å². The summed E-state index contributed by atoms with van der Waals surface area (Å²) in [5.74, 6) is -1.62. The third-order valence-electron chi connectivity index (χ3n) is 1.75. The van der Waals surface area contributed by atoms with Crippen LogP contribution in [-0.2, 0) is 4.79 Å². The Balaban J connectivity index is 2.89. The van der Waals surface area contributed by atoms with Crippen LogP contribution in [0.3, 0.4) is 0 Å². The first-order chi connectivity index (χ1) is 6.43. The van der Waals surface area contributed by atoms with E-state index in [2.05, 4.69) is 10.3 Å². The molecular weight excluding hydrogens is 187 g/mol. The molecule has 0 bridgehead atoms. The van der Waals surface area contributed by atoms with Crippen LogP contribution < -0.4 is 5.32 Å². The van der Waals surface area contributed by atoms with Crippen molar-refractivity contribution in [2.24, 2.45) is 0 Å². The molecule has 1 aromatic rings. The van der Waals surface area contributed by atoms with E-state index in [1.54, 1.807) is 0 Å². The van der Waals surface area contributed by atoms with Crippen LogP contribution in [-0.4, -0.2) is 21.6 Å². The average Bonchev–Trinajstić information content (AvgIpc) is 2.08. The smallest absolute Gasteiger partial charge is 0.328 e. The third-order valence-corrected chi connectivity index (χ3v) is 1.75.